The van der Waals surface area contributed by atoms with Gasteiger partial charge in [-0.15, -0.1) is 11.3 Å². The zero-order valence-corrected chi connectivity index (χ0v) is 13.1. The Morgan fingerprint density at radius 3 is 2.89 bits per heavy atom. The third-order valence-corrected chi connectivity index (χ3v) is 5.11. The van der Waals surface area contributed by atoms with Crippen LogP contribution in [-0.2, 0) is 11.3 Å². The van der Waals surface area contributed by atoms with Gasteiger partial charge < -0.3 is 10.2 Å². The number of thiophene rings is 1. The molecule has 0 aromatic carbocycles. The Hall–Kier alpha value is -0.870. The molecular weight excluding hydrogens is 256 g/mol. The molecule has 1 aliphatic rings. The second-order valence-corrected chi connectivity index (χ2v) is 7.20. The quantitative estimate of drug-likeness (QED) is 0.923. The van der Waals surface area contributed by atoms with E-state index in [1.165, 1.54) is 10.4 Å². The molecule has 1 atom stereocenters. The standard InChI is InChI=1S/C15H24N2OS/c1-11-6-9-19-12(11)10-17(4)14(18)13-15(2,3)7-5-8-16-13/h6,9,13,16H,5,7-8,10H2,1-4H3. The lowest BCUT2D eigenvalue weighted by Gasteiger charge is -2.40. The molecule has 19 heavy (non-hydrogen) atoms. The summed E-state index contributed by atoms with van der Waals surface area (Å²) in [5.41, 5.74) is 1.33. The first kappa shape index (κ1) is 14.5. The molecule has 1 N–H and O–H groups in total. The summed E-state index contributed by atoms with van der Waals surface area (Å²) in [6.45, 7) is 8.15. The average Bonchev–Trinajstić information content (AvgIpc) is 2.73. The van der Waals surface area contributed by atoms with Gasteiger partial charge in [-0.1, -0.05) is 13.8 Å². The van der Waals surface area contributed by atoms with Crippen molar-refractivity contribution < 1.29 is 4.79 Å². The zero-order chi connectivity index (χ0) is 14.0. The van der Waals surface area contributed by atoms with E-state index >= 15 is 0 Å². The molecule has 1 fully saturated rings. The van der Waals surface area contributed by atoms with Crippen molar-refractivity contribution in [1.29, 1.82) is 0 Å². The fourth-order valence-electron chi connectivity index (χ4n) is 2.71. The Bertz CT molecular complexity index is 453. The van der Waals surface area contributed by atoms with Crippen LogP contribution in [0.15, 0.2) is 11.4 Å². The van der Waals surface area contributed by atoms with Gasteiger partial charge in [0.25, 0.3) is 0 Å². The molecule has 1 saturated heterocycles. The fourth-order valence-corrected chi connectivity index (χ4v) is 3.67. The van der Waals surface area contributed by atoms with E-state index in [9.17, 15) is 4.79 Å². The maximum Gasteiger partial charge on any atom is 0.240 e. The van der Waals surface area contributed by atoms with Crippen molar-refractivity contribution in [3.05, 3.63) is 21.9 Å². The minimum atomic E-state index is -0.0495. The van der Waals surface area contributed by atoms with Crippen LogP contribution in [0.2, 0.25) is 0 Å². The van der Waals surface area contributed by atoms with Crippen molar-refractivity contribution in [3.8, 4) is 0 Å². The molecule has 0 aliphatic carbocycles. The number of likely N-dealkylation sites (N-methyl/N-ethyl adjacent to an activating group) is 1. The molecule has 0 bridgehead atoms. The van der Waals surface area contributed by atoms with Crippen molar-refractivity contribution in [3.63, 3.8) is 0 Å². The van der Waals surface area contributed by atoms with E-state index in [1.54, 1.807) is 11.3 Å². The zero-order valence-electron chi connectivity index (χ0n) is 12.3. The Morgan fingerprint density at radius 2 is 2.32 bits per heavy atom. The monoisotopic (exact) mass is 280 g/mol. The van der Waals surface area contributed by atoms with Crippen molar-refractivity contribution >= 4 is 17.2 Å². The molecule has 0 spiro atoms. The van der Waals surface area contributed by atoms with Gasteiger partial charge in [0.05, 0.1) is 12.6 Å². The Labute approximate surface area is 120 Å². The molecule has 2 rings (SSSR count). The van der Waals surface area contributed by atoms with Crippen LogP contribution in [0.1, 0.15) is 37.1 Å². The third-order valence-electron chi connectivity index (χ3n) is 4.10. The highest BCUT2D eigenvalue weighted by atomic mass is 32.1. The summed E-state index contributed by atoms with van der Waals surface area (Å²) in [6.07, 6.45) is 2.27. The molecule has 2 heterocycles. The lowest BCUT2D eigenvalue weighted by atomic mass is 9.77. The van der Waals surface area contributed by atoms with Crippen LogP contribution in [0, 0.1) is 12.3 Å². The van der Waals surface area contributed by atoms with Crippen LogP contribution in [-0.4, -0.2) is 30.4 Å². The van der Waals surface area contributed by atoms with Crippen molar-refractivity contribution in [2.45, 2.75) is 46.2 Å². The lowest BCUT2D eigenvalue weighted by Crippen LogP contribution is -2.55. The van der Waals surface area contributed by atoms with E-state index in [0.29, 0.717) is 0 Å². The molecule has 4 heteroatoms. The molecular formula is C15H24N2OS. The van der Waals surface area contributed by atoms with Gasteiger partial charge in [-0.25, -0.2) is 0 Å². The molecule has 0 saturated carbocycles. The van der Waals surface area contributed by atoms with Crippen LogP contribution in [0.25, 0.3) is 0 Å². The molecule has 1 unspecified atom stereocenters. The maximum atomic E-state index is 12.6. The highest BCUT2D eigenvalue weighted by molar-refractivity contribution is 7.10. The number of hydrogen-bond acceptors (Lipinski definition) is 3. The van der Waals surface area contributed by atoms with E-state index in [4.69, 9.17) is 0 Å². The number of piperidine rings is 1. The summed E-state index contributed by atoms with van der Waals surface area (Å²) >= 11 is 1.73. The normalized spacial score (nSPS) is 22.2. The Balaban J connectivity index is 2.04. The summed E-state index contributed by atoms with van der Waals surface area (Å²) in [5, 5.41) is 5.49. The van der Waals surface area contributed by atoms with Crippen LogP contribution in [0.3, 0.4) is 0 Å². The van der Waals surface area contributed by atoms with E-state index < -0.39 is 0 Å². The minimum Gasteiger partial charge on any atom is -0.339 e. The SMILES string of the molecule is Cc1ccsc1CN(C)C(=O)C1NCCCC1(C)C. The predicted octanol–water partition coefficient (Wildman–Crippen LogP) is 2.79. The first-order valence-corrected chi connectivity index (χ1v) is 7.81. The summed E-state index contributed by atoms with van der Waals surface area (Å²) in [7, 11) is 1.91. The first-order valence-electron chi connectivity index (χ1n) is 6.93. The van der Waals surface area contributed by atoms with Gasteiger partial charge in [-0.3, -0.25) is 4.79 Å². The Morgan fingerprint density at radius 1 is 1.58 bits per heavy atom. The molecule has 3 nitrogen and oxygen atoms in total. The maximum absolute atomic E-state index is 12.6. The van der Waals surface area contributed by atoms with Crippen molar-refractivity contribution in [2.24, 2.45) is 5.41 Å². The van der Waals surface area contributed by atoms with Gasteiger partial charge in [-0.05, 0) is 48.7 Å². The smallest absolute Gasteiger partial charge is 0.240 e. The van der Waals surface area contributed by atoms with E-state index in [2.05, 4.69) is 37.5 Å². The number of nitrogens with zero attached hydrogens (tertiary/aromatic N) is 1. The van der Waals surface area contributed by atoms with Crippen LogP contribution < -0.4 is 5.32 Å². The lowest BCUT2D eigenvalue weighted by molar-refractivity contribution is -0.136. The largest absolute Gasteiger partial charge is 0.339 e. The molecule has 0 radical (unpaired) electrons. The first-order chi connectivity index (χ1) is 8.92. The molecule has 1 aromatic heterocycles. The summed E-state index contributed by atoms with van der Waals surface area (Å²) in [5.74, 6) is 0.220. The second-order valence-electron chi connectivity index (χ2n) is 6.20. The van der Waals surface area contributed by atoms with Crippen LogP contribution in [0.4, 0.5) is 0 Å². The minimum absolute atomic E-state index is 0.0495. The molecule has 1 aromatic rings. The summed E-state index contributed by atoms with van der Waals surface area (Å²) in [6, 6.07) is 2.06. The topological polar surface area (TPSA) is 32.3 Å². The molecule has 1 aliphatic heterocycles. The van der Waals surface area contributed by atoms with Gasteiger partial charge in [-0.2, -0.15) is 0 Å². The number of aryl methyl sites for hydroxylation is 1. The predicted molar refractivity (Wildman–Crippen MR) is 80.3 cm³/mol. The van der Waals surface area contributed by atoms with E-state index in [1.807, 2.05) is 11.9 Å². The number of rotatable bonds is 3. The van der Waals surface area contributed by atoms with Crippen LogP contribution in [0.5, 0.6) is 0 Å². The van der Waals surface area contributed by atoms with Gasteiger partial charge in [0, 0.05) is 11.9 Å². The summed E-state index contributed by atoms with van der Waals surface area (Å²) < 4.78 is 0. The second kappa shape index (κ2) is 5.63. The van der Waals surface area contributed by atoms with Gasteiger partial charge in [0.2, 0.25) is 5.91 Å². The van der Waals surface area contributed by atoms with Crippen molar-refractivity contribution in [1.82, 2.24) is 10.2 Å². The third kappa shape index (κ3) is 3.18. The number of carbonyl (C=O) groups excluding carboxylic acids is 1. The molecule has 1 amide bonds. The van der Waals surface area contributed by atoms with Gasteiger partial charge in [0.1, 0.15) is 0 Å². The van der Waals surface area contributed by atoms with Crippen molar-refractivity contribution in [2.75, 3.05) is 13.6 Å². The van der Waals surface area contributed by atoms with E-state index in [0.717, 1.165) is 25.9 Å². The fraction of sp³-hybridized carbons (Fsp3) is 0.667. The van der Waals surface area contributed by atoms with E-state index in [-0.39, 0.29) is 17.4 Å². The highest BCUT2D eigenvalue weighted by Gasteiger charge is 2.38. The number of carbonyl (C=O) groups is 1. The number of nitrogens with one attached hydrogen (secondary N) is 1. The highest BCUT2D eigenvalue weighted by Crippen LogP contribution is 2.31. The Kier molecular flexibility index (Phi) is 4.31. The van der Waals surface area contributed by atoms with Crippen LogP contribution >= 0.6 is 11.3 Å². The number of amides is 1. The summed E-state index contributed by atoms with van der Waals surface area (Å²) in [4.78, 5) is 15.8. The van der Waals surface area contributed by atoms with Gasteiger partial charge in [0.15, 0.2) is 0 Å². The average molecular weight is 280 g/mol. The van der Waals surface area contributed by atoms with Gasteiger partial charge >= 0.3 is 0 Å². The number of hydrogen-bond donors (Lipinski definition) is 1. The molecule has 106 valence electrons.